The Kier molecular flexibility index (Phi) is 5.78. The van der Waals surface area contributed by atoms with Crippen molar-refractivity contribution in [1.29, 1.82) is 0 Å². The van der Waals surface area contributed by atoms with Gasteiger partial charge in [0, 0.05) is 27.3 Å². The molecule has 0 saturated heterocycles. The van der Waals surface area contributed by atoms with Crippen molar-refractivity contribution in [3.05, 3.63) is 91.6 Å². The van der Waals surface area contributed by atoms with Gasteiger partial charge in [0.15, 0.2) is 0 Å². The highest BCUT2D eigenvalue weighted by atomic mass is 79.9. The first kappa shape index (κ1) is 19.8. The molecule has 0 saturated carbocycles. The third kappa shape index (κ3) is 4.11. The molecular weight excluding hydrogens is 496 g/mol. The predicted molar refractivity (Wildman–Crippen MR) is 124 cm³/mol. The van der Waals surface area contributed by atoms with Crippen LogP contribution >= 0.6 is 31.9 Å². The number of aromatic nitrogens is 3. The summed E-state index contributed by atoms with van der Waals surface area (Å²) in [6, 6.07) is 17.5. The van der Waals surface area contributed by atoms with E-state index in [0.29, 0.717) is 23.1 Å². The largest absolute Gasteiger partial charge is 0.316 e. The Bertz CT molecular complexity index is 1270. The Labute approximate surface area is 185 Å². The summed E-state index contributed by atoms with van der Waals surface area (Å²) in [6.07, 6.45) is 5.21. The standard InChI is InChI=1S/C22H18Br2N4O/c1-2-5-21-26-20-10-9-16(24)13-19(20)22(29)28(21)25-14-18-8-4-11-27(18)17-7-3-6-15(23)12-17/h3-4,6-14H,2,5H2,1H3. The zero-order chi connectivity index (χ0) is 20.4. The summed E-state index contributed by atoms with van der Waals surface area (Å²) in [4.78, 5) is 17.8. The quantitative estimate of drug-likeness (QED) is 0.328. The minimum Gasteiger partial charge on any atom is -0.316 e. The van der Waals surface area contributed by atoms with E-state index in [-0.39, 0.29) is 5.56 Å². The molecule has 0 radical (unpaired) electrons. The predicted octanol–water partition coefficient (Wildman–Crippen LogP) is 5.55. The molecule has 0 amide bonds. The lowest BCUT2D eigenvalue weighted by molar-refractivity contribution is 0.703. The Hall–Kier alpha value is -2.51. The molecule has 0 N–H and O–H groups in total. The summed E-state index contributed by atoms with van der Waals surface area (Å²) < 4.78 is 5.27. The third-order valence-corrected chi connectivity index (χ3v) is 5.51. The molecule has 0 aliphatic carbocycles. The molecule has 146 valence electrons. The Morgan fingerprint density at radius 1 is 1.07 bits per heavy atom. The molecule has 29 heavy (non-hydrogen) atoms. The van der Waals surface area contributed by atoms with Crippen LogP contribution in [0.5, 0.6) is 0 Å². The number of fused-ring (bicyclic) bond motifs is 1. The monoisotopic (exact) mass is 512 g/mol. The highest BCUT2D eigenvalue weighted by Gasteiger charge is 2.11. The van der Waals surface area contributed by atoms with E-state index in [1.807, 2.05) is 59.3 Å². The number of halogens is 2. The highest BCUT2D eigenvalue weighted by Crippen LogP contribution is 2.18. The second kappa shape index (κ2) is 8.47. The number of nitrogens with zero attached hydrogens (tertiary/aromatic N) is 4. The van der Waals surface area contributed by atoms with E-state index in [9.17, 15) is 4.79 Å². The molecular formula is C22H18Br2N4O. The first-order chi connectivity index (χ1) is 14.1. The van der Waals surface area contributed by atoms with Crippen molar-refractivity contribution >= 4 is 49.0 Å². The average molecular weight is 514 g/mol. The summed E-state index contributed by atoms with van der Waals surface area (Å²) >= 11 is 6.94. The van der Waals surface area contributed by atoms with Crippen molar-refractivity contribution in [3.8, 4) is 5.69 Å². The van der Waals surface area contributed by atoms with Gasteiger partial charge in [-0.2, -0.15) is 9.78 Å². The zero-order valence-electron chi connectivity index (χ0n) is 15.7. The van der Waals surface area contributed by atoms with Crippen LogP contribution in [0.2, 0.25) is 0 Å². The molecule has 0 unspecified atom stereocenters. The minimum absolute atomic E-state index is 0.170. The van der Waals surface area contributed by atoms with Crippen LogP contribution in [-0.2, 0) is 6.42 Å². The van der Waals surface area contributed by atoms with Crippen molar-refractivity contribution in [2.45, 2.75) is 19.8 Å². The summed E-state index contributed by atoms with van der Waals surface area (Å²) in [6.45, 7) is 2.06. The number of benzene rings is 2. The SMILES string of the molecule is CCCc1nc2ccc(Br)cc2c(=O)n1N=Cc1cccn1-c1cccc(Br)c1. The van der Waals surface area contributed by atoms with Crippen LogP contribution in [0.25, 0.3) is 16.6 Å². The fourth-order valence-electron chi connectivity index (χ4n) is 3.18. The molecule has 5 nitrogen and oxygen atoms in total. The molecule has 0 aliphatic heterocycles. The van der Waals surface area contributed by atoms with E-state index in [2.05, 4.69) is 48.9 Å². The van der Waals surface area contributed by atoms with Crippen LogP contribution in [0, 0.1) is 0 Å². The van der Waals surface area contributed by atoms with Gasteiger partial charge in [0.05, 0.1) is 22.8 Å². The third-order valence-electron chi connectivity index (χ3n) is 4.52. The van der Waals surface area contributed by atoms with E-state index in [0.717, 1.165) is 26.7 Å². The molecule has 0 atom stereocenters. The molecule has 0 spiro atoms. The van der Waals surface area contributed by atoms with Crippen molar-refractivity contribution in [2.75, 3.05) is 0 Å². The zero-order valence-corrected chi connectivity index (χ0v) is 18.9. The maximum absolute atomic E-state index is 13.1. The smallest absolute Gasteiger partial charge is 0.282 e. The van der Waals surface area contributed by atoms with E-state index in [1.165, 1.54) is 4.68 Å². The number of hydrogen-bond donors (Lipinski definition) is 0. The molecule has 0 fully saturated rings. The summed E-state index contributed by atoms with van der Waals surface area (Å²) in [7, 11) is 0. The number of aryl methyl sites for hydroxylation is 1. The van der Waals surface area contributed by atoms with Crippen LogP contribution in [0.1, 0.15) is 24.9 Å². The molecule has 4 rings (SSSR count). The van der Waals surface area contributed by atoms with Crippen LogP contribution in [-0.4, -0.2) is 20.4 Å². The Morgan fingerprint density at radius 3 is 2.69 bits per heavy atom. The van der Waals surface area contributed by atoms with Gasteiger partial charge < -0.3 is 4.57 Å². The van der Waals surface area contributed by atoms with Gasteiger partial charge in [0.2, 0.25) is 0 Å². The molecule has 2 aromatic heterocycles. The van der Waals surface area contributed by atoms with E-state index >= 15 is 0 Å². The first-order valence-electron chi connectivity index (χ1n) is 9.25. The normalized spacial score (nSPS) is 11.6. The molecule has 2 aromatic carbocycles. The van der Waals surface area contributed by atoms with Crippen LogP contribution < -0.4 is 5.56 Å². The maximum Gasteiger partial charge on any atom is 0.282 e. The lowest BCUT2D eigenvalue weighted by Crippen LogP contribution is -2.22. The highest BCUT2D eigenvalue weighted by molar-refractivity contribution is 9.10. The Morgan fingerprint density at radius 2 is 1.90 bits per heavy atom. The molecule has 0 bridgehead atoms. The topological polar surface area (TPSA) is 52.2 Å². The molecule has 0 aliphatic rings. The van der Waals surface area contributed by atoms with Gasteiger partial charge in [0.25, 0.3) is 5.56 Å². The van der Waals surface area contributed by atoms with Gasteiger partial charge in [-0.05, 0) is 55.0 Å². The number of hydrogen-bond acceptors (Lipinski definition) is 3. The van der Waals surface area contributed by atoms with Gasteiger partial charge in [0.1, 0.15) is 5.82 Å². The molecule has 7 heteroatoms. The fourth-order valence-corrected chi connectivity index (χ4v) is 3.92. The van der Waals surface area contributed by atoms with E-state index < -0.39 is 0 Å². The number of rotatable bonds is 5. The average Bonchev–Trinajstić information content (AvgIpc) is 3.17. The van der Waals surface area contributed by atoms with Gasteiger partial charge in [-0.3, -0.25) is 4.79 Å². The summed E-state index contributed by atoms with van der Waals surface area (Å²) in [5, 5.41) is 5.06. The van der Waals surface area contributed by atoms with Gasteiger partial charge >= 0.3 is 0 Å². The minimum atomic E-state index is -0.170. The fraction of sp³-hybridized carbons (Fsp3) is 0.136. The van der Waals surface area contributed by atoms with Gasteiger partial charge in [-0.25, -0.2) is 4.98 Å². The lowest BCUT2D eigenvalue weighted by Gasteiger charge is -2.10. The molecule has 2 heterocycles. The van der Waals surface area contributed by atoms with Crippen molar-refractivity contribution in [1.82, 2.24) is 14.2 Å². The lowest BCUT2D eigenvalue weighted by atomic mass is 10.2. The van der Waals surface area contributed by atoms with Crippen LogP contribution in [0.4, 0.5) is 0 Å². The summed E-state index contributed by atoms with van der Waals surface area (Å²) in [5.41, 5.74) is 2.39. The van der Waals surface area contributed by atoms with Crippen molar-refractivity contribution in [3.63, 3.8) is 0 Å². The van der Waals surface area contributed by atoms with E-state index in [4.69, 9.17) is 0 Å². The van der Waals surface area contributed by atoms with Gasteiger partial charge in [-0.1, -0.05) is 44.8 Å². The van der Waals surface area contributed by atoms with Crippen molar-refractivity contribution < 1.29 is 0 Å². The molecule has 4 aromatic rings. The van der Waals surface area contributed by atoms with Gasteiger partial charge in [-0.15, -0.1) is 0 Å². The second-order valence-electron chi connectivity index (χ2n) is 6.58. The van der Waals surface area contributed by atoms with Crippen molar-refractivity contribution in [2.24, 2.45) is 5.10 Å². The maximum atomic E-state index is 13.1. The van der Waals surface area contributed by atoms with Crippen LogP contribution in [0.3, 0.4) is 0 Å². The first-order valence-corrected chi connectivity index (χ1v) is 10.8. The van der Waals surface area contributed by atoms with Crippen LogP contribution in [0.15, 0.2) is 79.6 Å². The van der Waals surface area contributed by atoms with E-state index in [1.54, 1.807) is 12.3 Å². The summed E-state index contributed by atoms with van der Waals surface area (Å²) in [5.74, 6) is 0.657. The second-order valence-corrected chi connectivity index (χ2v) is 8.42. The Balaban J connectivity index is 1.81.